The first-order chi connectivity index (χ1) is 8.07. The van der Waals surface area contributed by atoms with E-state index in [1.54, 1.807) is 26.0 Å². The van der Waals surface area contributed by atoms with Gasteiger partial charge in [0.25, 0.3) is 11.8 Å². The first-order valence-corrected chi connectivity index (χ1v) is 5.30. The van der Waals surface area contributed by atoms with Crippen LogP contribution in [0.3, 0.4) is 0 Å². The second kappa shape index (κ2) is 3.98. The third-order valence-electron chi connectivity index (χ3n) is 2.72. The highest BCUT2D eigenvalue weighted by atomic mass is 16.2. The number of nitrogens with zero attached hydrogens (tertiary/aromatic N) is 3. The van der Waals surface area contributed by atoms with E-state index in [-0.39, 0.29) is 17.2 Å². The molecule has 1 aliphatic rings. The molecule has 1 atom stereocenters. The normalized spacial score (nSPS) is 16.0. The molecule has 5 heteroatoms. The van der Waals surface area contributed by atoms with Gasteiger partial charge < -0.3 is 0 Å². The lowest BCUT2D eigenvalue weighted by molar-refractivity contribution is 0.0587. The number of amides is 2. The molecule has 0 aromatic carbocycles. The maximum Gasteiger partial charge on any atom is 0.281 e. The average Bonchev–Trinajstić information content (AvgIpc) is 2.56. The monoisotopic (exact) mass is 229 g/mol. The fourth-order valence-electron chi connectivity index (χ4n) is 1.84. The van der Waals surface area contributed by atoms with Gasteiger partial charge in [-0.2, -0.15) is 5.26 Å². The van der Waals surface area contributed by atoms with Crippen molar-refractivity contribution < 1.29 is 9.59 Å². The number of nitriles is 1. The van der Waals surface area contributed by atoms with E-state index >= 15 is 0 Å². The minimum absolute atomic E-state index is 0.109. The number of rotatable bonds is 2. The lowest BCUT2D eigenvalue weighted by Gasteiger charge is -2.22. The predicted octanol–water partition coefficient (Wildman–Crippen LogP) is 1.23. The van der Waals surface area contributed by atoms with E-state index in [2.05, 4.69) is 4.98 Å². The van der Waals surface area contributed by atoms with Crippen molar-refractivity contribution in [2.24, 2.45) is 5.92 Å². The molecule has 0 fully saturated rings. The molecule has 86 valence electrons. The van der Waals surface area contributed by atoms with Crippen LogP contribution in [0.5, 0.6) is 0 Å². The largest absolute Gasteiger partial charge is 0.281 e. The molecule has 1 aromatic heterocycles. The molecule has 1 unspecified atom stereocenters. The molecule has 2 amide bonds. The van der Waals surface area contributed by atoms with E-state index < -0.39 is 17.9 Å². The zero-order valence-electron chi connectivity index (χ0n) is 9.54. The first-order valence-electron chi connectivity index (χ1n) is 5.30. The first kappa shape index (κ1) is 11.3. The third kappa shape index (κ3) is 1.58. The topological polar surface area (TPSA) is 74.1 Å². The van der Waals surface area contributed by atoms with Crippen LogP contribution in [-0.4, -0.2) is 27.7 Å². The molecule has 0 saturated carbocycles. The van der Waals surface area contributed by atoms with Crippen molar-refractivity contribution in [2.75, 3.05) is 0 Å². The van der Waals surface area contributed by atoms with Gasteiger partial charge in [-0.15, -0.1) is 0 Å². The molecule has 0 bridgehead atoms. The van der Waals surface area contributed by atoms with Gasteiger partial charge in [-0.25, -0.2) is 0 Å². The van der Waals surface area contributed by atoms with Gasteiger partial charge in [0, 0.05) is 6.20 Å². The van der Waals surface area contributed by atoms with Gasteiger partial charge in [-0.05, 0) is 18.1 Å². The molecule has 5 nitrogen and oxygen atoms in total. The van der Waals surface area contributed by atoms with Crippen molar-refractivity contribution in [2.45, 2.75) is 19.9 Å². The minimum Gasteiger partial charge on any atom is -0.268 e. The number of imide groups is 1. The molecule has 17 heavy (non-hydrogen) atoms. The van der Waals surface area contributed by atoms with Gasteiger partial charge in [0.1, 0.15) is 11.7 Å². The summed E-state index contributed by atoms with van der Waals surface area (Å²) in [5.41, 5.74) is 0.414. The molecular weight excluding hydrogens is 218 g/mol. The Labute approximate surface area is 98.7 Å². The molecule has 0 spiro atoms. The quantitative estimate of drug-likeness (QED) is 0.715. The van der Waals surface area contributed by atoms with Crippen LogP contribution in [0.15, 0.2) is 18.3 Å². The van der Waals surface area contributed by atoms with Gasteiger partial charge >= 0.3 is 0 Å². The molecule has 2 heterocycles. The fourth-order valence-corrected chi connectivity index (χ4v) is 1.84. The Hall–Kier alpha value is -2.22. The highest BCUT2D eigenvalue weighted by Crippen LogP contribution is 2.25. The van der Waals surface area contributed by atoms with Crippen molar-refractivity contribution in [3.63, 3.8) is 0 Å². The Morgan fingerprint density at radius 1 is 1.35 bits per heavy atom. The van der Waals surface area contributed by atoms with Crippen LogP contribution in [0.4, 0.5) is 0 Å². The lowest BCUT2D eigenvalue weighted by atomic mass is 10.0. The number of carbonyl (C=O) groups excluding carboxylic acids is 2. The Morgan fingerprint density at radius 2 is 2.06 bits per heavy atom. The summed E-state index contributed by atoms with van der Waals surface area (Å²) < 4.78 is 0. The fraction of sp³-hybridized carbons (Fsp3) is 0.333. The summed E-state index contributed by atoms with van der Waals surface area (Å²) in [6, 6.07) is 4.40. The molecule has 2 rings (SSSR count). The van der Waals surface area contributed by atoms with E-state index in [0.29, 0.717) is 0 Å². The number of hydrogen-bond donors (Lipinski definition) is 0. The summed E-state index contributed by atoms with van der Waals surface area (Å²) in [6.45, 7) is 3.59. The third-order valence-corrected chi connectivity index (χ3v) is 2.72. The van der Waals surface area contributed by atoms with Crippen molar-refractivity contribution >= 4 is 11.8 Å². The predicted molar refractivity (Wildman–Crippen MR) is 59.0 cm³/mol. The summed E-state index contributed by atoms with van der Waals surface area (Å²) in [6.07, 6.45) is 1.46. The van der Waals surface area contributed by atoms with Crippen LogP contribution in [0.25, 0.3) is 0 Å². The molecule has 0 saturated heterocycles. The van der Waals surface area contributed by atoms with E-state index in [1.807, 2.05) is 6.07 Å². The van der Waals surface area contributed by atoms with Gasteiger partial charge in [-0.3, -0.25) is 19.5 Å². The summed E-state index contributed by atoms with van der Waals surface area (Å²) in [7, 11) is 0. The highest BCUT2D eigenvalue weighted by molar-refractivity contribution is 6.20. The van der Waals surface area contributed by atoms with E-state index in [1.165, 1.54) is 6.20 Å². The average molecular weight is 229 g/mol. The van der Waals surface area contributed by atoms with Crippen LogP contribution in [-0.2, 0) is 0 Å². The number of fused-ring (bicyclic) bond motifs is 1. The molecule has 0 aliphatic carbocycles. The Kier molecular flexibility index (Phi) is 2.64. The number of hydrogen-bond acceptors (Lipinski definition) is 4. The molecule has 1 aromatic rings. The standard InChI is InChI=1S/C12H11N3O2/c1-7(2)9(6-13)15-11(16)8-4-3-5-14-10(8)12(15)17/h3-5,7,9H,1-2H3. The summed E-state index contributed by atoms with van der Waals surface area (Å²) >= 11 is 0. The summed E-state index contributed by atoms with van der Waals surface area (Å²) in [4.78, 5) is 28.9. The van der Waals surface area contributed by atoms with Crippen molar-refractivity contribution in [1.29, 1.82) is 5.26 Å². The lowest BCUT2D eigenvalue weighted by Crippen LogP contribution is -2.42. The Morgan fingerprint density at radius 3 is 2.59 bits per heavy atom. The number of carbonyl (C=O) groups is 2. The molecule has 1 aliphatic heterocycles. The van der Waals surface area contributed by atoms with E-state index in [4.69, 9.17) is 5.26 Å². The maximum atomic E-state index is 12.0. The van der Waals surface area contributed by atoms with Crippen LogP contribution < -0.4 is 0 Å². The molecule has 0 N–H and O–H groups in total. The smallest absolute Gasteiger partial charge is 0.268 e. The van der Waals surface area contributed by atoms with Gasteiger partial charge in [0.2, 0.25) is 0 Å². The zero-order valence-corrected chi connectivity index (χ0v) is 9.54. The van der Waals surface area contributed by atoms with Crippen LogP contribution >= 0.6 is 0 Å². The second-order valence-corrected chi connectivity index (χ2v) is 4.20. The zero-order chi connectivity index (χ0) is 12.6. The maximum absolute atomic E-state index is 12.0. The highest BCUT2D eigenvalue weighted by Gasteiger charge is 2.42. The SMILES string of the molecule is CC(C)C(C#N)N1C(=O)c2cccnc2C1=O. The van der Waals surface area contributed by atoms with E-state index in [0.717, 1.165) is 4.90 Å². The molecular formula is C12H11N3O2. The summed E-state index contributed by atoms with van der Waals surface area (Å²) in [5, 5.41) is 9.05. The number of aromatic nitrogens is 1. The Balaban J connectivity index is 2.47. The van der Waals surface area contributed by atoms with Crippen molar-refractivity contribution in [3.8, 4) is 6.07 Å². The Bertz CT molecular complexity index is 496. The van der Waals surface area contributed by atoms with Crippen LogP contribution in [0.2, 0.25) is 0 Å². The van der Waals surface area contributed by atoms with Crippen molar-refractivity contribution in [3.05, 3.63) is 29.6 Å². The van der Waals surface area contributed by atoms with Crippen molar-refractivity contribution in [1.82, 2.24) is 9.88 Å². The van der Waals surface area contributed by atoms with Gasteiger partial charge in [0.15, 0.2) is 0 Å². The van der Waals surface area contributed by atoms with Crippen LogP contribution in [0.1, 0.15) is 34.7 Å². The van der Waals surface area contributed by atoms with E-state index in [9.17, 15) is 9.59 Å². The van der Waals surface area contributed by atoms with Gasteiger partial charge in [-0.1, -0.05) is 13.8 Å². The second-order valence-electron chi connectivity index (χ2n) is 4.20. The van der Waals surface area contributed by atoms with Gasteiger partial charge in [0.05, 0.1) is 11.6 Å². The molecule has 0 radical (unpaired) electrons. The summed E-state index contributed by atoms with van der Waals surface area (Å²) in [5.74, 6) is -1.02. The minimum atomic E-state index is -0.746. The number of pyridine rings is 1. The van der Waals surface area contributed by atoms with Crippen LogP contribution in [0, 0.1) is 17.2 Å².